The average Bonchev–Trinajstić information content (AvgIpc) is 1.98. The highest BCUT2D eigenvalue weighted by molar-refractivity contribution is 6.20. The summed E-state index contributed by atoms with van der Waals surface area (Å²) in [6, 6.07) is 0. The van der Waals surface area contributed by atoms with Crippen LogP contribution >= 0.6 is 0 Å². The lowest BCUT2D eigenvalue weighted by Crippen LogP contribution is -2.06. The minimum Gasteiger partial charge on any atom is -0.290 e. The maximum Gasteiger partial charge on any atom is 0.405 e. The summed E-state index contributed by atoms with van der Waals surface area (Å²) in [5.41, 5.74) is 0. The normalized spacial score (nSPS) is 8.90. The molecule has 0 radical (unpaired) electrons. The molecule has 0 unspecified atom stereocenters. The Hall–Kier alpha value is -0.900. The number of aldehydes is 1. The van der Waals surface area contributed by atoms with Crippen LogP contribution in [0.1, 0.15) is 19.8 Å². The Kier molecular flexibility index (Phi) is 5.66. The molecule has 10 heavy (non-hydrogen) atoms. The van der Waals surface area contributed by atoms with Gasteiger partial charge in [-0.15, -0.1) is 0 Å². The average molecular weight is 146 g/mol. The van der Waals surface area contributed by atoms with Crippen molar-refractivity contribution in [3.8, 4) is 0 Å². The quantitative estimate of drug-likeness (QED) is 0.186. The van der Waals surface area contributed by atoms with Crippen molar-refractivity contribution in [2.75, 3.05) is 6.61 Å². The zero-order valence-corrected chi connectivity index (χ0v) is 5.83. The Balaban J connectivity index is 3.03. The van der Waals surface area contributed by atoms with Gasteiger partial charge in [0.2, 0.25) is 6.29 Å². The fourth-order valence-electron chi connectivity index (χ4n) is 0.323. The summed E-state index contributed by atoms with van der Waals surface area (Å²) >= 11 is 0. The van der Waals surface area contributed by atoms with E-state index in [1.54, 1.807) is 0 Å². The van der Waals surface area contributed by atoms with Gasteiger partial charge < -0.3 is 0 Å². The predicted octanol–water partition coefficient (Wildman–Crippen LogP) is 0.460. The van der Waals surface area contributed by atoms with Crippen molar-refractivity contribution in [2.24, 2.45) is 0 Å². The molecule has 0 spiro atoms. The summed E-state index contributed by atoms with van der Waals surface area (Å²) in [6.07, 6.45) is 1.83. The van der Waals surface area contributed by atoms with E-state index in [4.69, 9.17) is 0 Å². The molecule has 4 nitrogen and oxygen atoms in total. The lowest BCUT2D eigenvalue weighted by atomic mass is 10.4. The maximum absolute atomic E-state index is 10.1. The van der Waals surface area contributed by atoms with Crippen molar-refractivity contribution < 1.29 is 19.4 Å². The molecule has 0 fully saturated rings. The molecule has 0 aromatic rings. The lowest BCUT2D eigenvalue weighted by molar-refractivity contribution is -0.268. The van der Waals surface area contributed by atoms with Gasteiger partial charge in [0.25, 0.3) is 0 Å². The van der Waals surface area contributed by atoms with Crippen LogP contribution in [-0.4, -0.2) is 18.9 Å². The highest BCUT2D eigenvalue weighted by Crippen LogP contribution is 1.87. The van der Waals surface area contributed by atoms with E-state index in [2.05, 4.69) is 9.78 Å². The fraction of sp³-hybridized carbons (Fsp3) is 0.667. The zero-order chi connectivity index (χ0) is 7.82. The van der Waals surface area contributed by atoms with Gasteiger partial charge in [-0.05, 0) is 6.42 Å². The Morgan fingerprint density at radius 1 is 1.60 bits per heavy atom. The predicted molar refractivity (Wildman–Crippen MR) is 33.0 cm³/mol. The molecule has 0 amide bonds. The molecule has 0 bridgehead atoms. The van der Waals surface area contributed by atoms with E-state index in [-0.39, 0.29) is 6.29 Å². The topological polar surface area (TPSA) is 52.6 Å². The molecule has 0 aromatic heterocycles. The van der Waals surface area contributed by atoms with E-state index in [9.17, 15) is 9.59 Å². The highest BCUT2D eigenvalue weighted by atomic mass is 17.2. The SMILES string of the molecule is CCCCOOC(=O)C=O. The van der Waals surface area contributed by atoms with Crippen LogP contribution in [0.2, 0.25) is 0 Å². The molecule has 0 N–H and O–H groups in total. The number of carbonyl (C=O) groups excluding carboxylic acids is 2. The highest BCUT2D eigenvalue weighted by Gasteiger charge is 1.97. The van der Waals surface area contributed by atoms with Gasteiger partial charge in [0.15, 0.2) is 0 Å². The van der Waals surface area contributed by atoms with Crippen molar-refractivity contribution in [2.45, 2.75) is 19.8 Å². The molecule has 0 saturated heterocycles. The van der Waals surface area contributed by atoms with Gasteiger partial charge in [-0.3, -0.25) is 9.68 Å². The molecule has 58 valence electrons. The zero-order valence-electron chi connectivity index (χ0n) is 5.83. The Morgan fingerprint density at radius 2 is 2.30 bits per heavy atom. The van der Waals surface area contributed by atoms with Crippen LogP contribution < -0.4 is 0 Å². The van der Waals surface area contributed by atoms with Gasteiger partial charge >= 0.3 is 5.97 Å². The number of hydrogen-bond acceptors (Lipinski definition) is 4. The molecule has 0 aliphatic rings. The first-order valence-electron chi connectivity index (χ1n) is 3.10. The molecular weight excluding hydrogens is 136 g/mol. The van der Waals surface area contributed by atoms with Crippen LogP contribution in [-0.2, 0) is 19.4 Å². The molecule has 0 aromatic carbocycles. The summed E-state index contributed by atoms with van der Waals surface area (Å²) in [4.78, 5) is 28.0. The van der Waals surface area contributed by atoms with E-state index < -0.39 is 5.97 Å². The third-order valence-corrected chi connectivity index (χ3v) is 0.819. The summed E-state index contributed by atoms with van der Waals surface area (Å²) in [6.45, 7) is 2.32. The monoisotopic (exact) mass is 146 g/mol. The first-order valence-corrected chi connectivity index (χ1v) is 3.10. The minimum atomic E-state index is -0.990. The largest absolute Gasteiger partial charge is 0.405 e. The van der Waals surface area contributed by atoms with Crippen molar-refractivity contribution in [1.82, 2.24) is 0 Å². The van der Waals surface area contributed by atoms with Crippen molar-refractivity contribution >= 4 is 12.3 Å². The second kappa shape index (κ2) is 6.22. The molecule has 0 heterocycles. The second-order valence-electron chi connectivity index (χ2n) is 1.70. The molecule has 0 aliphatic heterocycles. The van der Waals surface area contributed by atoms with E-state index in [1.807, 2.05) is 6.92 Å². The molecule has 0 rings (SSSR count). The smallest absolute Gasteiger partial charge is 0.290 e. The fourth-order valence-corrected chi connectivity index (χ4v) is 0.323. The van der Waals surface area contributed by atoms with Gasteiger partial charge in [-0.25, -0.2) is 4.79 Å². The van der Waals surface area contributed by atoms with Gasteiger partial charge in [0.05, 0.1) is 6.61 Å². The first kappa shape index (κ1) is 9.10. The summed E-state index contributed by atoms with van der Waals surface area (Å²) in [7, 11) is 0. The van der Waals surface area contributed by atoms with E-state index in [1.165, 1.54) is 0 Å². The van der Waals surface area contributed by atoms with Crippen LogP contribution in [0.4, 0.5) is 0 Å². The number of unbranched alkanes of at least 4 members (excludes halogenated alkanes) is 1. The van der Waals surface area contributed by atoms with E-state index >= 15 is 0 Å². The second-order valence-corrected chi connectivity index (χ2v) is 1.70. The third-order valence-electron chi connectivity index (χ3n) is 0.819. The van der Waals surface area contributed by atoms with Crippen molar-refractivity contribution in [3.63, 3.8) is 0 Å². The van der Waals surface area contributed by atoms with Gasteiger partial charge in [0.1, 0.15) is 0 Å². The Labute approximate surface area is 59.0 Å². The maximum atomic E-state index is 10.1. The minimum absolute atomic E-state index is 0.0615. The molecule has 4 heteroatoms. The van der Waals surface area contributed by atoms with E-state index in [0.29, 0.717) is 6.61 Å². The van der Waals surface area contributed by atoms with Crippen LogP contribution in [0.15, 0.2) is 0 Å². The van der Waals surface area contributed by atoms with Crippen molar-refractivity contribution in [3.05, 3.63) is 0 Å². The number of hydrogen-bond donors (Lipinski definition) is 0. The van der Waals surface area contributed by atoms with Gasteiger partial charge in [0, 0.05) is 0 Å². The van der Waals surface area contributed by atoms with Crippen molar-refractivity contribution in [1.29, 1.82) is 0 Å². The summed E-state index contributed by atoms with van der Waals surface area (Å²) in [5, 5.41) is 0. The van der Waals surface area contributed by atoms with Crippen LogP contribution in [0.3, 0.4) is 0 Å². The van der Waals surface area contributed by atoms with Crippen LogP contribution in [0.25, 0.3) is 0 Å². The standard InChI is InChI=1S/C6H10O4/c1-2-3-4-9-10-6(8)5-7/h5H,2-4H2,1H3. The van der Waals surface area contributed by atoms with Crippen LogP contribution in [0.5, 0.6) is 0 Å². The van der Waals surface area contributed by atoms with Crippen LogP contribution in [0, 0.1) is 0 Å². The van der Waals surface area contributed by atoms with Gasteiger partial charge in [-0.2, -0.15) is 4.89 Å². The molecule has 0 saturated carbocycles. The Morgan fingerprint density at radius 3 is 2.80 bits per heavy atom. The first-order chi connectivity index (χ1) is 4.81. The third kappa shape index (κ3) is 5.24. The van der Waals surface area contributed by atoms with E-state index in [0.717, 1.165) is 12.8 Å². The summed E-state index contributed by atoms with van der Waals surface area (Å²) in [5.74, 6) is -0.990. The number of carbonyl (C=O) groups is 2. The lowest BCUT2D eigenvalue weighted by Gasteiger charge is -1.96. The molecule has 0 atom stereocenters. The molecular formula is C6H10O4. The number of rotatable bonds is 5. The summed E-state index contributed by atoms with van der Waals surface area (Å²) < 4.78 is 0. The van der Waals surface area contributed by atoms with Gasteiger partial charge in [-0.1, -0.05) is 13.3 Å². The molecule has 0 aliphatic carbocycles. The Bertz CT molecular complexity index is 110.